The number of likely N-dealkylation sites (tertiary alicyclic amines) is 1. The summed E-state index contributed by atoms with van der Waals surface area (Å²) in [7, 11) is 0. The van der Waals surface area contributed by atoms with Gasteiger partial charge in [-0.2, -0.15) is 0 Å². The summed E-state index contributed by atoms with van der Waals surface area (Å²) in [5.41, 5.74) is 0.963. The van der Waals surface area contributed by atoms with Crippen molar-refractivity contribution in [1.29, 1.82) is 0 Å². The van der Waals surface area contributed by atoms with E-state index in [1.165, 1.54) is 11.8 Å². The van der Waals surface area contributed by atoms with Crippen LogP contribution in [0.2, 0.25) is 0 Å². The summed E-state index contributed by atoms with van der Waals surface area (Å²) < 4.78 is 5.60. The Morgan fingerprint density at radius 3 is 2.55 bits per heavy atom. The molecule has 1 saturated heterocycles. The second kappa shape index (κ2) is 9.41. The van der Waals surface area contributed by atoms with Crippen molar-refractivity contribution in [2.24, 2.45) is 10.9 Å². The van der Waals surface area contributed by atoms with Crippen LogP contribution in [0.3, 0.4) is 0 Å². The van der Waals surface area contributed by atoms with Crippen molar-refractivity contribution in [2.75, 3.05) is 18.8 Å². The zero-order valence-electron chi connectivity index (χ0n) is 17.8. The summed E-state index contributed by atoms with van der Waals surface area (Å²) in [6, 6.07) is 22.8. The summed E-state index contributed by atoms with van der Waals surface area (Å²) in [5, 5.41) is 5.58. The van der Waals surface area contributed by atoms with E-state index < -0.39 is 5.54 Å². The van der Waals surface area contributed by atoms with Gasteiger partial charge in [-0.15, -0.1) is 11.3 Å². The molecule has 1 aromatic heterocycles. The number of carbonyl (C=O) groups excluding carboxylic acids is 2. The number of amides is 2. The van der Waals surface area contributed by atoms with Gasteiger partial charge in [-0.05, 0) is 29.1 Å². The highest BCUT2D eigenvalue weighted by atomic mass is 32.2. The Labute approximate surface area is 200 Å². The van der Waals surface area contributed by atoms with Crippen LogP contribution in [0.5, 0.6) is 0 Å². The number of carbonyl (C=O) groups is 2. The molecule has 2 atom stereocenters. The van der Waals surface area contributed by atoms with Crippen molar-refractivity contribution in [2.45, 2.75) is 12.1 Å². The molecule has 168 valence electrons. The van der Waals surface area contributed by atoms with Gasteiger partial charge in [-0.25, -0.2) is 9.79 Å². The van der Waals surface area contributed by atoms with Crippen LogP contribution in [0.15, 0.2) is 83.2 Å². The Bertz CT molecular complexity index is 1150. The lowest BCUT2D eigenvalue weighted by Crippen LogP contribution is -2.42. The Kier molecular flexibility index (Phi) is 6.20. The third kappa shape index (κ3) is 4.54. The maximum absolute atomic E-state index is 12.9. The van der Waals surface area contributed by atoms with Crippen molar-refractivity contribution >= 4 is 40.3 Å². The van der Waals surface area contributed by atoms with Gasteiger partial charge in [0.05, 0.1) is 6.54 Å². The number of aliphatic imine (C=N–C) groups is 1. The molecular formula is C25H23N3O3S2. The number of nitrogens with zero attached hydrogens (tertiary/aromatic N) is 2. The number of benzene rings is 2. The summed E-state index contributed by atoms with van der Waals surface area (Å²) in [4.78, 5) is 33.5. The SMILES string of the molecule is O=C(NC1=NC2(c3cccs3)CN(C(=O)OCc3ccccc3)CC2CS1)c1ccccc1. The molecule has 5 rings (SSSR count). The first-order chi connectivity index (χ1) is 16.1. The third-order valence-corrected chi connectivity index (χ3v) is 8.01. The van der Waals surface area contributed by atoms with Crippen molar-refractivity contribution < 1.29 is 14.3 Å². The molecule has 0 radical (unpaired) electrons. The highest BCUT2D eigenvalue weighted by molar-refractivity contribution is 8.13. The molecule has 3 heterocycles. The van der Waals surface area contributed by atoms with E-state index in [0.29, 0.717) is 23.8 Å². The van der Waals surface area contributed by atoms with Gasteiger partial charge in [0, 0.05) is 28.7 Å². The molecule has 2 aliphatic heterocycles. The van der Waals surface area contributed by atoms with Crippen LogP contribution in [0, 0.1) is 5.92 Å². The number of fused-ring (bicyclic) bond motifs is 1. The fraction of sp³-hybridized carbons (Fsp3) is 0.240. The summed E-state index contributed by atoms with van der Waals surface area (Å²) in [5.74, 6) is 0.718. The van der Waals surface area contributed by atoms with Crippen LogP contribution >= 0.6 is 23.1 Å². The molecule has 33 heavy (non-hydrogen) atoms. The second-order valence-electron chi connectivity index (χ2n) is 8.07. The first-order valence-electron chi connectivity index (χ1n) is 10.7. The minimum Gasteiger partial charge on any atom is -0.445 e. The molecule has 0 bridgehead atoms. The third-order valence-electron chi connectivity index (χ3n) is 5.94. The quantitative estimate of drug-likeness (QED) is 0.589. The van der Waals surface area contributed by atoms with Crippen molar-refractivity contribution in [1.82, 2.24) is 10.2 Å². The van der Waals surface area contributed by atoms with Crippen LogP contribution in [-0.2, 0) is 16.9 Å². The largest absolute Gasteiger partial charge is 0.445 e. The van der Waals surface area contributed by atoms with Gasteiger partial charge < -0.3 is 15.0 Å². The van der Waals surface area contributed by atoms with Crippen LogP contribution in [0.1, 0.15) is 20.8 Å². The molecule has 8 heteroatoms. The van der Waals surface area contributed by atoms with E-state index in [2.05, 4.69) is 11.4 Å². The lowest BCUT2D eigenvalue weighted by Gasteiger charge is -2.34. The zero-order chi connectivity index (χ0) is 22.7. The van der Waals surface area contributed by atoms with Gasteiger partial charge in [0.2, 0.25) is 0 Å². The normalized spacial score (nSPS) is 21.8. The highest BCUT2D eigenvalue weighted by Crippen LogP contribution is 2.47. The van der Waals surface area contributed by atoms with Gasteiger partial charge >= 0.3 is 6.09 Å². The molecule has 2 unspecified atom stereocenters. The second-order valence-corrected chi connectivity index (χ2v) is 10.0. The van der Waals surface area contributed by atoms with Crippen LogP contribution in [-0.4, -0.2) is 40.9 Å². The first-order valence-corrected chi connectivity index (χ1v) is 12.6. The maximum Gasteiger partial charge on any atom is 0.410 e. The molecular weight excluding hydrogens is 454 g/mol. The Hall–Kier alpha value is -3.10. The maximum atomic E-state index is 12.9. The molecule has 1 N–H and O–H groups in total. The number of hydrogen-bond acceptors (Lipinski definition) is 6. The minimum absolute atomic E-state index is 0.141. The fourth-order valence-corrected chi connectivity index (χ4v) is 6.32. The van der Waals surface area contributed by atoms with E-state index in [9.17, 15) is 9.59 Å². The predicted molar refractivity (Wildman–Crippen MR) is 131 cm³/mol. The summed E-state index contributed by atoms with van der Waals surface area (Å²) in [6.45, 7) is 1.24. The molecule has 2 amide bonds. The van der Waals surface area contributed by atoms with E-state index in [1.807, 2.05) is 60.0 Å². The molecule has 2 aromatic carbocycles. The van der Waals surface area contributed by atoms with E-state index in [-0.39, 0.29) is 24.5 Å². The number of amidine groups is 1. The van der Waals surface area contributed by atoms with Crippen LogP contribution in [0.25, 0.3) is 0 Å². The number of thioether (sulfide) groups is 1. The topological polar surface area (TPSA) is 71.0 Å². The minimum atomic E-state index is -0.579. The van der Waals surface area contributed by atoms with E-state index >= 15 is 0 Å². The van der Waals surface area contributed by atoms with E-state index in [4.69, 9.17) is 9.73 Å². The smallest absolute Gasteiger partial charge is 0.410 e. The number of thiophene rings is 1. The molecule has 1 fully saturated rings. The van der Waals surface area contributed by atoms with Crippen molar-refractivity contribution in [3.8, 4) is 0 Å². The van der Waals surface area contributed by atoms with Gasteiger partial charge in [0.1, 0.15) is 12.1 Å². The first kappa shape index (κ1) is 21.7. The van der Waals surface area contributed by atoms with Crippen molar-refractivity contribution in [3.63, 3.8) is 0 Å². The van der Waals surface area contributed by atoms with Crippen LogP contribution in [0.4, 0.5) is 4.79 Å². The molecule has 3 aromatic rings. The van der Waals surface area contributed by atoms with E-state index in [1.54, 1.807) is 28.4 Å². The lowest BCUT2D eigenvalue weighted by molar-refractivity contribution is 0.0975. The Morgan fingerprint density at radius 2 is 1.82 bits per heavy atom. The monoisotopic (exact) mass is 477 g/mol. The molecule has 6 nitrogen and oxygen atoms in total. The van der Waals surface area contributed by atoms with Gasteiger partial charge in [0.25, 0.3) is 5.91 Å². The average molecular weight is 478 g/mol. The average Bonchev–Trinajstić information content (AvgIpc) is 3.53. The van der Waals surface area contributed by atoms with Crippen LogP contribution < -0.4 is 5.32 Å². The molecule has 2 aliphatic rings. The molecule has 0 saturated carbocycles. The van der Waals surface area contributed by atoms with Gasteiger partial charge in [0.15, 0.2) is 5.17 Å². The number of nitrogens with one attached hydrogen (secondary N) is 1. The van der Waals surface area contributed by atoms with E-state index in [0.717, 1.165) is 16.2 Å². The number of ether oxygens (including phenoxy) is 1. The highest BCUT2D eigenvalue weighted by Gasteiger charge is 2.52. The fourth-order valence-electron chi connectivity index (χ4n) is 4.24. The summed E-state index contributed by atoms with van der Waals surface area (Å²) in [6.07, 6.45) is -0.334. The Morgan fingerprint density at radius 1 is 1.06 bits per heavy atom. The lowest BCUT2D eigenvalue weighted by atomic mass is 9.87. The van der Waals surface area contributed by atoms with Gasteiger partial charge in [-0.1, -0.05) is 66.4 Å². The zero-order valence-corrected chi connectivity index (χ0v) is 19.5. The molecule has 0 aliphatic carbocycles. The number of rotatable bonds is 4. The van der Waals surface area contributed by atoms with Gasteiger partial charge in [-0.3, -0.25) is 4.79 Å². The number of hydrogen-bond donors (Lipinski definition) is 1. The molecule has 0 spiro atoms. The standard InChI is InChI=1S/C25H23N3O3S2/c29-22(19-10-5-2-6-11-19)26-23-27-25(21-12-7-13-32-21)17-28(14-20(25)16-33-23)24(30)31-15-18-8-3-1-4-9-18/h1-13,20H,14-17H2,(H,26,27,29). The Balaban J connectivity index is 1.35. The summed E-state index contributed by atoms with van der Waals surface area (Å²) >= 11 is 3.16. The van der Waals surface area contributed by atoms with Crippen molar-refractivity contribution in [3.05, 3.63) is 94.2 Å². The predicted octanol–water partition coefficient (Wildman–Crippen LogP) is 4.74.